The zero-order valence-electron chi connectivity index (χ0n) is 15.9. The van der Waals surface area contributed by atoms with E-state index in [2.05, 4.69) is 22.1 Å². The highest BCUT2D eigenvalue weighted by molar-refractivity contribution is 6.07. The molecule has 3 N–H and O–H groups in total. The van der Waals surface area contributed by atoms with Gasteiger partial charge in [0.05, 0.1) is 18.5 Å². The van der Waals surface area contributed by atoms with Crippen molar-refractivity contribution in [2.45, 2.75) is 50.6 Å². The van der Waals surface area contributed by atoms with Gasteiger partial charge in [-0.25, -0.2) is 4.79 Å². The number of imide groups is 1. The van der Waals surface area contributed by atoms with Gasteiger partial charge in [0.2, 0.25) is 0 Å². The second-order valence-electron chi connectivity index (χ2n) is 7.58. The fourth-order valence-corrected chi connectivity index (χ4v) is 3.74. The van der Waals surface area contributed by atoms with E-state index >= 15 is 0 Å². The number of urea groups is 1. The van der Waals surface area contributed by atoms with Crippen LogP contribution in [0.1, 0.15) is 38.2 Å². The van der Waals surface area contributed by atoms with E-state index in [4.69, 9.17) is 5.26 Å². The molecule has 3 rings (SSSR count). The molecular formula is C20H25N5O3. The van der Waals surface area contributed by atoms with Crippen LogP contribution in [0, 0.1) is 17.2 Å². The third kappa shape index (κ3) is 4.31. The molecule has 2 fully saturated rings. The van der Waals surface area contributed by atoms with Crippen molar-refractivity contribution in [1.82, 2.24) is 21.1 Å². The Labute approximate surface area is 164 Å². The number of amides is 4. The molecule has 1 saturated heterocycles. The molecule has 4 amide bonds. The van der Waals surface area contributed by atoms with E-state index in [-0.39, 0.29) is 18.5 Å². The van der Waals surface area contributed by atoms with Crippen LogP contribution in [0.2, 0.25) is 0 Å². The summed E-state index contributed by atoms with van der Waals surface area (Å²) < 4.78 is 0. The number of nitrogens with one attached hydrogen (secondary N) is 3. The third-order valence-corrected chi connectivity index (χ3v) is 5.46. The number of hydrogen-bond acceptors (Lipinski definition) is 5. The Morgan fingerprint density at radius 1 is 1.32 bits per heavy atom. The molecule has 0 aromatic heterocycles. The van der Waals surface area contributed by atoms with Crippen LogP contribution in [0.3, 0.4) is 0 Å². The normalized spacial score (nSPS) is 26.8. The molecule has 2 aliphatic rings. The average molecular weight is 383 g/mol. The molecule has 3 atom stereocenters. The summed E-state index contributed by atoms with van der Waals surface area (Å²) >= 11 is 0. The second-order valence-corrected chi connectivity index (χ2v) is 7.58. The summed E-state index contributed by atoms with van der Waals surface area (Å²) in [6.07, 6.45) is 3.67. The zero-order chi connectivity index (χ0) is 20.1. The maximum absolute atomic E-state index is 12.7. The number of hydrogen-bond donors (Lipinski definition) is 3. The smallest absolute Gasteiger partial charge is 0.322 e. The molecule has 3 unspecified atom stereocenters. The molecule has 0 radical (unpaired) electrons. The molecule has 0 bridgehead atoms. The largest absolute Gasteiger partial charge is 0.344 e. The van der Waals surface area contributed by atoms with Gasteiger partial charge >= 0.3 is 6.03 Å². The summed E-state index contributed by atoms with van der Waals surface area (Å²) in [4.78, 5) is 37.1. The van der Waals surface area contributed by atoms with Gasteiger partial charge in [0.25, 0.3) is 11.8 Å². The monoisotopic (exact) mass is 383 g/mol. The van der Waals surface area contributed by atoms with Gasteiger partial charge in [-0.3, -0.25) is 15.0 Å². The first-order valence-electron chi connectivity index (χ1n) is 9.56. The van der Waals surface area contributed by atoms with Crippen molar-refractivity contribution in [3.05, 3.63) is 35.9 Å². The van der Waals surface area contributed by atoms with Gasteiger partial charge < -0.3 is 10.6 Å². The molecule has 0 spiro atoms. The molecule has 1 aromatic rings. The molecule has 1 aliphatic carbocycles. The standard InChI is InChI=1S/C20H25N5O3/c1-20(11-10-14-6-3-2-4-7-14)18(27)25(19(28)23-20)24-17(26)13-22-16-9-5-8-15(16)12-21/h2-4,6-7,15-16,22H,5,8-11,13H2,1H3,(H,23,28)(H,24,26). The Kier molecular flexibility index (Phi) is 5.95. The number of aryl methyl sites for hydroxylation is 1. The molecule has 1 aliphatic heterocycles. The summed E-state index contributed by atoms with van der Waals surface area (Å²) in [7, 11) is 0. The van der Waals surface area contributed by atoms with Crippen molar-refractivity contribution in [2.75, 3.05) is 6.54 Å². The van der Waals surface area contributed by atoms with Crippen LogP contribution in [0.4, 0.5) is 4.79 Å². The van der Waals surface area contributed by atoms with Crippen molar-refractivity contribution >= 4 is 17.8 Å². The maximum Gasteiger partial charge on any atom is 0.344 e. The number of nitrogens with zero attached hydrogens (tertiary/aromatic N) is 2. The number of nitriles is 1. The zero-order valence-corrected chi connectivity index (χ0v) is 15.9. The van der Waals surface area contributed by atoms with Gasteiger partial charge in [0.1, 0.15) is 5.54 Å². The van der Waals surface area contributed by atoms with Crippen molar-refractivity contribution in [1.29, 1.82) is 5.26 Å². The second kappa shape index (κ2) is 8.40. The van der Waals surface area contributed by atoms with Crippen molar-refractivity contribution in [3.63, 3.8) is 0 Å². The van der Waals surface area contributed by atoms with E-state index in [0.29, 0.717) is 12.8 Å². The minimum absolute atomic E-state index is 0.0324. The highest BCUT2D eigenvalue weighted by atomic mass is 16.2. The van der Waals surface area contributed by atoms with E-state index in [9.17, 15) is 14.4 Å². The van der Waals surface area contributed by atoms with Gasteiger partial charge in [-0.2, -0.15) is 10.3 Å². The number of carbonyl (C=O) groups is 3. The van der Waals surface area contributed by atoms with Crippen LogP contribution in [-0.2, 0) is 16.0 Å². The first kappa shape index (κ1) is 19.8. The van der Waals surface area contributed by atoms with Gasteiger partial charge in [-0.15, -0.1) is 0 Å². The summed E-state index contributed by atoms with van der Waals surface area (Å²) in [5.74, 6) is -1.07. The Morgan fingerprint density at radius 3 is 2.79 bits per heavy atom. The fraction of sp³-hybridized carbons (Fsp3) is 0.500. The van der Waals surface area contributed by atoms with Crippen LogP contribution in [0.15, 0.2) is 30.3 Å². The Hall–Kier alpha value is -2.92. The molecule has 8 heteroatoms. The van der Waals surface area contributed by atoms with E-state index in [1.807, 2.05) is 30.3 Å². The van der Waals surface area contributed by atoms with Crippen LogP contribution < -0.4 is 16.1 Å². The Bertz CT molecular complexity index is 791. The van der Waals surface area contributed by atoms with Gasteiger partial charge in [0.15, 0.2) is 0 Å². The van der Waals surface area contributed by atoms with Crippen molar-refractivity contribution < 1.29 is 14.4 Å². The lowest BCUT2D eigenvalue weighted by atomic mass is 9.93. The number of carbonyl (C=O) groups excluding carboxylic acids is 3. The quantitative estimate of drug-likeness (QED) is 0.613. The lowest BCUT2D eigenvalue weighted by molar-refractivity contribution is -0.138. The SMILES string of the molecule is CC1(CCc2ccccc2)NC(=O)N(NC(=O)CNC2CCCC2C#N)C1=O. The molecule has 1 aromatic carbocycles. The predicted octanol–water partition coefficient (Wildman–Crippen LogP) is 1.24. The summed E-state index contributed by atoms with van der Waals surface area (Å²) in [6.45, 7) is 1.61. The highest BCUT2D eigenvalue weighted by Crippen LogP contribution is 2.25. The van der Waals surface area contributed by atoms with E-state index in [1.54, 1.807) is 6.92 Å². The molecule has 1 heterocycles. The first-order valence-corrected chi connectivity index (χ1v) is 9.56. The molecule has 28 heavy (non-hydrogen) atoms. The van der Waals surface area contributed by atoms with Crippen LogP contribution in [0.25, 0.3) is 0 Å². The van der Waals surface area contributed by atoms with E-state index < -0.39 is 23.4 Å². The Morgan fingerprint density at radius 2 is 2.07 bits per heavy atom. The van der Waals surface area contributed by atoms with Gasteiger partial charge in [-0.05, 0) is 38.2 Å². The lowest BCUT2D eigenvalue weighted by Crippen LogP contribution is -2.51. The van der Waals surface area contributed by atoms with Crippen molar-refractivity contribution in [3.8, 4) is 6.07 Å². The van der Waals surface area contributed by atoms with Crippen molar-refractivity contribution in [2.24, 2.45) is 5.92 Å². The van der Waals surface area contributed by atoms with E-state index in [0.717, 1.165) is 29.8 Å². The first-order chi connectivity index (χ1) is 13.4. The van der Waals surface area contributed by atoms with Gasteiger partial charge in [-0.1, -0.05) is 36.8 Å². The van der Waals surface area contributed by atoms with Crippen LogP contribution in [-0.4, -0.2) is 41.0 Å². The summed E-state index contributed by atoms with van der Waals surface area (Å²) in [6, 6.07) is 11.3. The predicted molar refractivity (Wildman–Crippen MR) is 101 cm³/mol. The molecule has 8 nitrogen and oxygen atoms in total. The summed E-state index contributed by atoms with van der Waals surface area (Å²) in [5, 5.41) is 15.6. The molecule has 148 valence electrons. The number of benzene rings is 1. The molecular weight excluding hydrogens is 358 g/mol. The van der Waals surface area contributed by atoms with Gasteiger partial charge in [0, 0.05) is 6.04 Å². The topological polar surface area (TPSA) is 114 Å². The fourth-order valence-electron chi connectivity index (χ4n) is 3.74. The highest BCUT2D eigenvalue weighted by Gasteiger charge is 2.48. The minimum atomic E-state index is -1.06. The number of hydrazine groups is 1. The minimum Gasteiger partial charge on any atom is -0.322 e. The van der Waals surface area contributed by atoms with E-state index in [1.165, 1.54) is 0 Å². The van der Waals surface area contributed by atoms with Crippen LogP contribution >= 0.6 is 0 Å². The average Bonchev–Trinajstić information content (AvgIpc) is 3.24. The third-order valence-electron chi connectivity index (χ3n) is 5.46. The van der Waals surface area contributed by atoms with Crippen LogP contribution in [0.5, 0.6) is 0 Å². The molecule has 1 saturated carbocycles. The number of rotatable bonds is 7. The maximum atomic E-state index is 12.7. The lowest BCUT2D eigenvalue weighted by Gasteiger charge is -2.22. The summed E-state index contributed by atoms with van der Waals surface area (Å²) in [5.41, 5.74) is 2.38. The Balaban J connectivity index is 1.52.